The number of aromatic nitrogens is 3. The largest absolute Gasteiger partial charge is 0.354 e. The summed E-state index contributed by atoms with van der Waals surface area (Å²) >= 11 is 1.58. The van der Waals surface area contributed by atoms with Crippen molar-refractivity contribution in [3.8, 4) is 10.7 Å². The fraction of sp³-hybridized carbons (Fsp3) is 0.269. The van der Waals surface area contributed by atoms with Crippen molar-refractivity contribution in [2.24, 2.45) is 0 Å². The van der Waals surface area contributed by atoms with E-state index in [1.165, 1.54) is 4.68 Å². The molecule has 1 saturated carbocycles. The molecule has 1 aliphatic carbocycles. The number of hydrogen-bond donors (Lipinski definition) is 1. The van der Waals surface area contributed by atoms with Crippen molar-refractivity contribution in [3.63, 3.8) is 0 Å². The Morgan fingerprint density at radius 3 is 2.24 bits per heavy atom. The maximum Gasteiger partial charge on any atom is 0.346 e. The quantitative estimate of drug-likeness (QED) is 0.403. The summed E-state index contributed by atoms with van der Waals surface area (Å²) < 4.78 is 3.30. The molecule has 1 aliphatic rings. The van der Waals surface area contributed by atoms with Crippen LogP contribution in [0.25, 0.3) is 10.7 Å². The molecular formula is C26H26N4O2S. The van der Waals surface area contributed by atoms with Gasteiger partial charge in [0.05, 0.1) is 11.4 Å². The van der Waals surface area contributed by atoms with Crippen molar-refractivity contribution in [2.75, 3.05) is 6.54 Å². The highest BCUT2D eigenvalue weighted by Crippen LogP contribution is 2.37. The first-order valence-electron chi connectivity index (χ1n) is 11.3. The van der Waals surface area contributed by atoms with Gasteiger partial charge in [-0.05, 0) is 35.4 Å². The summed E-state index contributed by atoms with van der Waals surface area (Å²) in [6, 6.07) is 24.4. The highest BCUT2D eigenvalue weighted by molar-refractivity contribution is 7.13. The van der Waals surface area contributed by atoms with Crippen LogP contribution < -0.4 is 11.0 Å². The van der Waals surface area contributed by atoms with Crippen molar-refractivity contribution in [3.05, 3.63) is 99.8 Å². The standard InChI is InChI=1S/C26H26N4O2S/c31-24(18-22(19-8-3-1-4-9-19)20-10-5-2-6-11-20)27-15-16-29-26(32)30(21-13-14-21)25(28-29)23-12-7-17-33-23/h1-12,17,21-22H,13-16,18H2,(H,27,31). The molecule has 0 bridgehead atoms. The molecule has 2 heterocycles. The lowest BCUT2D eigenvalue weighted by atomic mass is 9.88. The topological polar surface area (TPSA) is 68.9 Å². The molecule has 1 amide bonds. The second-order valence-electron chi connectivity index (χ2n) is 8.34. The molecule has 2 aromatic heterocycles. The summed E-state index contributed by atoms with van der Waals surface area (Å²) in [4.78, 5) is 26.8. The third-order valence-electron chi connectivity index (χ3n) is 5.96. The van der Waals surface area contributed by atoms with Crippen molar-refractivity contribution in [2.45, 2.75) is 37.8 Å². The number of nitrogens with one attached hydrogen (secondary N) is 1. The lowest BCUT2D eigenvalue weighted by Gasteiger charge is -2.18. The Balaban J connectivity index is 1.26. The summed E-state index contributed by atoms with van der Waals surface area (Å²) in [6.45, 7) is 0.713. The van der Waals surface area contributed by atoms with Crippen LogP contribution in [0.4, 0.5) is 0 Å². The summed E-state index contributed by atoms with van der Waals surface area (Å²) in [7, 11) is 0. The number of amides is 1. The van der Waals surface area contributed by atoms with Gasteiger partial charge < -0.3 is 5.32 Å². The maximum atomic E-state index is 12.9. The summed E-state index contributed by atoms with van der Waals surface area (Å²) in [5.41, 5.74) is 2.12. The smallest absolute Gasteiger partial charge is 0.346 e. The van der Waals surface area contributed by atoms with E-state index >= 15 is 0 Å². The molecule has 0 aliphatic heterocycles. The van der Waals surface area contributed by atoms with E-state index in [0.717, 1.165) is 34.7 Å². The van der Waals surface area contributed by atoms with Gasteiger partial charge in [-0.25, -0.2) is 9.48 Å². The molecule has 0 radical (unpaired) electrons. The van der Waals surface area contributed by atoms with Gasteiger partial charge in [-0.1, -0.05) is 66.7 Å². The molecule has 7 heteroatoms. The lowest BCUT2D eigenvalue weighted by Crippen LogP contribution is -2.32. The highest BCUT2D eigenvalue weighted by Gasteiger charge is 2.30. The monoisotopic (exact) mass is 458 g/mol. The Kier molecular flexibility index (Phi) is 6.21. The van der Waals surface area contributed by atoms with Gasteiger partial charge in [-0.2, -0.15) is 0 Å². The van der Waals surface area contributed by atoms with Crippen LogP contribution >= 0.6 is 11.3 Å². The van der Waals surface area contributed by atoms with E-state index in [-0.39, 0.29) is 23.6 Å². The van der Waals surface area contributed by atoms with E-state index in [2.05, 4.69) is 34.7 Å². The number of carbonyl (C=O) groups excluding carboxylic acids is 1. The van der Waals surface area contributed by atoms with Gasteiger partial charge in [0.25, 0.3) is 0 Å². The molecule has 5 rings (SSSR count). The second-order valence-corrected chi connectivity index (χ2v) is 9.28. The van der Waals surface area contributed by atoms with Crippen molar-refractivity contribution in [1.82, 2.24) is 19.7 Å². The number of rotatable bonds is 9. The Labute approximate surface area is 196 Å². The first-order chi connectivity index (χ1) is 16.2. The van der Waals surface area contributed by atoms with E-state index < -0.39 is 0 Å². The molecule has 0 saturated heterocycles. The van der Waals surface area contributed by atoms with Gasteiger partial charge in [-0.3, -0.25) is 9.36 Å². The molecule has 1 fully saturated rings. The number of benzene rings is 2. The fourth-order valence-corrected chi connectivity index (χ4v) is 4.86. The van der Waals surface area contributed by atoms with E-state index in [9.17, 15) is 9.59 Å². The zero-order chi connectivity index (χ0) is 22.6. The second kappa shape index (κ2) is 9.58. The normalized spacial score (nSPS) is 13.4. The molecule has 4 aromatic rings. The summed E-state index contributed by atoms with van der Waals surface area (Å²) in [6.07, 6.45) is 2.38. The number of hydrogen-bond acceptors (Lipinski definition) is 4. The molecule has 6 nitrogen and oxygen atoms in total. The Bertz CT molecular complexity index is 1220. The number of thiophene rings is 1. The van der Waals surface area contributed by atoms with Gasteiger partial charge in [0.1, 0.15) is 0 Å². The SMILES string of the molecule is O=C(CC(c1ccccc1)c1ccccc1)NCCn1nc(-c2cccs2)n(C2CC2)c1=O. The predicted molar refractivity (Wildman–Crippen MR) is 130 cm³/mol. The summed E-state index contributed by atoms with van der Waals surface area (Å²) in [5.74, 6) is 0.674. The van der Waals surface area contributed by atoms with Crippen LogP contribution in [-0.2, 0) is 11.3 Å². The minimum atomic E-state index is -0.0957. The highest BCUT2D eigenvalue weighted by atomic mass is 32.1. The van der Waals surface area contributed by atoms with Crippen LogP contribution in [0.15, 0.2) is 83.0 Å². The maximum absolute atomic E-state index is 12.9. The van der Waals surface area contributed by atoms with Crippen LogP contribution in [-0.4, -0.2) is 26.8 Å². The molecule has 0 spiro atoms. The number of nitrogens with zero attached hydrogens (tertiary/aromatic N) is 3. The third-order valence-corrected chi connectivity index (χ3v) is 6.83. The minimum absolute atomic E-state index is 0.0189. The zero-order valence-corrected chi connectivity index (χ0v) is 19.1. The number of carbonyl (C=O) groups is 1. The Morgan fingerprint density at radius 2 is 1.67 bits per heavy atom. The van der Waals surface area contributed by atoms with E-state index in [4.69, 9.17) is 0 Å². The molecule has 1 N–H and O–H groups in total. The lowest BCUT2D eigenvalue weighted by molar-refractivity contribution is -0.121. The van der Waals surface area contributed by atoms with Crippen LogP contribution in [0.3, 0.4) is 0 Å². The van der Waals surface area contributed by atoms with Gasteiger partial charge in [-0.15, -0.1) is 16.4 Å². The zero-order valence-electron chi connectivity index (χ0n) is 18.3. The minimum Gasteiger partial charge on any atom is -0.354 e. The Hall–Kier alpha value is -3.45. The van der Waals surface area contributed by atoms with E-state index in [0.29, 0.717) is 19.5 Å². The van der Waals surface area contributed by atoms with Gasteiger partial charge in [0, 0.05) is 24.9 Å². The average Bonchev–Trinajstić information content (AvgIpc) is 3.42. The van der Waals surface area contributed by atoms with Gasteiger partial charge >= 0.3 is 5.69 Å². The predicted octanol–water partition coefficient (Wildman–Crippen LogP) is 4.45. The van der Waals surface area contributed by atoms with Crippen molar-refractivity contribution >= 4 is 17.2 Å². The molecule has 33 heavy (non-hydrogen) atoms. The molecule has 0 unspecified atom stereocenters. The third kappa shape index (κ3) is 4.83. The van der Waals surface area contributed by atoms with Crippen LogP contribution in [0.2, 0.25) is 0 Å². The van der Waals surface area contributed by atoms with Crippen molar-refractivity contribution in [1.29, 1.82) is 0 Å². The van der Waals surface area contributed by atoms with E-state index in [1.807, 2.05) is 58.5 Å². The molecular weight excluding hydrogens is 432 g/mol. The van der Waals surface area contributed by atoms with Crippen molar-refractivity contribution < 1.29 is 4.79 Å². The fourth-order valence-electron chi connectivity index (χ4n) is 4.16. The molecule has 2 aromatic carbocycles. The van der Waals surface area contributed by atoms with Gasteiger partial charge in [0.15, 0.2) is 5.82 Å². The molecule has 168 valence electrons. The average molecular weight is 459 g/mol. The summed E-state index contributed by atoms with van der Waals surface area (Å²) in [5, 5.41) is 9.58. The molecule has 0 atom stereocenters. The first kappa shape index (κ1) is 21.4. The van der Waals surface area contributed by atoms with Crippen LogP contribution in [0.5, 0.6) is 0 Å². The Morgan fingerprint density at radius 1 is 1.00 bits per heavy atom. The van der Waals surface area contributed by atoms with E-state index in [1.54, 1.807) is 11.3 Å². The van der Waals surface area contributed by atoms with Crippen LogP contribution in [0, 0.1) is 0 Å². The van der Waals surface area contributed by atoms with Crippen LogP contribution in [0.1, 0.15) is 42.3 Å². The van der Waals surface area contributed by atoms with Gasteiger partial charge in [0.2, 0.25) is 5.91 Å². The first-order valence-corrected chi connectivity index (χ1v) is 12.2.